The minimum absolute atomic E-state index is 0.0152. The molecule has 9 atom stereocenters. The van der Waals surface area contributed by atoms with E-state index in [0.717, 1.165) is 41.9 Å². The van der Waals surface area contributed by atoms with Crippen molar-refractivity contribution in [3.05, 3.63) is 62.6 Å². The zero-order chi connectivity index (χ0) is 47.2. The molecule has 4 N–H and O–H groups in total. The fourth-order valence-corrected chi connectivity index (χ4v) is 13.7. The number of carbonyl (C=O) groups is 4. The van der Waals surface area contributed by atoms with Gasteiger partial charge in [0.1, 0.15) is 11.5 Å². The minimum atomic E-state index is -0.633. The summed E-state index contributed by atoms with van der Waals surface area (Å²) < 4.78 is 9.38. The quantitative estimate of drug-likeness (QED) is 0.108. The number of phenolic OH excluding ortho intramolecular Hbond substituents is 2. The van der Waals surface area contributed by atoms with Crippen LogP contribution in [0, 0.1) is 58.2 Å². The zero-order valence-electron chi connectivity index (χ0n) is 39.8. The number of hydrogen-bond acceptors (Lipinski definition) is 8. The Morgan fingerprint density at radius 2 is 1.31 bits per heavy atom. The minimum Gasteiger partial charge on any atom is -0.506 e. The number of fused-ring (bicyclic) bond motifs is 5. The summed E-state index contributed by atoms with van der Waals surface area (Å²) in [7, 11) is 2.53. The number of ether oxygens (including phenoxy) is 2. The summed E-state index contributed by atoms with van der Waals surface area (Å²) in [5.41, 5.74) is 2.25. The molecular formula is C53H74Cl2N2O8. The van der Waals surface area contributed by atoms with Crippen LogP contribution >= 0.6 is 23.2 Å². The predicted molar refractivity (Wildman–Crippen MR) is 257 cm³/mol. The largest absolute Gasteiger partial charge is 0.506 e. The molecule has 0 heterocycles. The maximum absolute atomic E-state index is 13.4. The van der Waals surface area contributed by atoms with Gasteiger partial charge in [-0.25, -0.2) is 0 Å². The second kappa shape index (κ2) is 21.9. The first-order valence-corrected chi connectivity index (χ1v) is 25.1. The Kier molecular flexibility index (Phi) is 17.1. The molecule has 0 aliphatic heterocycles. The third-order valence-electron chi connectivity index (χ3n) is 16.8. The lowest BCUT2D eigenvalue weighted by molar-refractivity contribution is -0.141. The predicted octanol–water partition coefficient (Wildman–Crippen LogP) is 11.9. The number of halogens is 2. The van der Waals surface area contributed by atoms with Gasteiger partial charge in [-0.2, -0.15) is 0 Å². The van der Waals surface area contributed by atoms with Crippen molar-refractivity contribution in [1.82, 2.24) is 10.6 Å². The molecule has 2 amide bonds. The van der Waals surface area contributed by atoms with E-state index in [2.05, 4.69) is 60.8 Å². The molecule has 4 fully saturated rings. The van der Waals surface area contributed by atoms with Gasteiger partial charge < -0.3 is 30.3 Å². The normalized spacial score (nSPS) is 27.4. The molecule has 12 heteroatoms. The summed E-state index contributed by atoms with van der Waals surface area (Å²) in [4.78, 5) is 50.2. The van der Waals surface area contributed by atoms with Crippen molar-refractivity contribution >= 4 is 52.5 Å². The lowest BCUT2D eigenvalue weighted by Gasteiger charge is -2.61. The number of phenols is 2. The van der Waals surface area contributed by atoms with Crippen molar-refractivity contribution in [2.45, 2.75) is 137 Å². The smallest absolute Gasteiger partial charge is 0.307 e. The van der Waals surface area contributed by atoms with E-state index >= 15 is 0 Å². The Hall–Kier alpha value is -3.76. The third kappa shape index (κ3) is 11.3. The van der Waals surface area contributed by atoms with Gasteiger partial charge in [0.2, 0.25) is 0 Å². The van der Waals surface area contributed by atoms with Crippen molar-refractivity contribution in [1.29, 1.82) is 0 Å². The van der Waals surface area contributed by atoms with Crippen molar-refractivity contribution in [2.24, 2.45) is 58.2 Å². The zero-order valence-corrected chi connectivity index (χ0v) is 41.3. The molecule has 0 radical (unpaired) electrons. The average Bonchev–Trinajstić information content (AvgIpc) is 3.64. The first-order chi connectivity index (χ1) is 30.9. The fourth-order valence-electron chi connectivity index (χ4n) is 13.3. The van der Waals surface area contributed by atoms with Gasteiger partial charge >= 0.3 is 11.9 Å². The number of carbonyl (C=O) groups excluding carboxylic acids is 4. The van der Waals surface area contributed by atoms with Gasteiger partial charge in [-0.05, 0) is 170 Å². The molecular weight excluding hydrogens is 863 g/mol. The molecule has 6 rings (SSSR count). The van der Waals surface area contributed by atoms with Gasteiger partial charge in [0.15, 0.2) is 0 Å². The van der Waals surface area contributed by atoms with Crippen molar-refractivity contribution in [3.63, 3.8) is 0 Å². The van der Waals surface area contributed by atoms with Gasteiger partial charge in [-0.15, -0.1) is 0 Å². The second-order valence-electron chi connectivity index (χ2n) is 20.9. The number of aromatic hydroxyl groups is 2. The van der Waals surface area contributed by atoms with Crippen molar-refractivity contribution < 1.29 is 38.9 Å². The maximum atomic E-state index is 13.4. The first-order valence-electron chi connectivity index (χ1n) is 24.4. The standard InChI is InChI=1S/C53H74Cl2N2O8/c1-31(2)10-8-11-32(3)41-16-17-42-38-15-14-36-26-33(18-22-52(36,4)43(38)19-23-53(41,42)5)12-9-13-37(34-27-39(48(60)44(54)29-34)50(62)56-24-20-46(58)64-6)35-28-40(49(61)45(55)30-35)51(63)57-25-21-47(59)65-7/h13,27-33,36,38,41-43,60-61H,8-12,14-26H2,1-7H3,(H,56,62)(H,57,63)/t32?,33-,36?,38?,41+,42?,43?,52-,53+/m0/s1. The Morgan fingerprint density at radius 3 is 1.86 bits per heavy atom. The van der Waals surface area contributed by atoms with E-state index in [1.165, 1.54) is 103 Å². The molecule has 2 aromatic carbocycles. The van der Waals surface area contributed by atoms with Crippen LogP contribution in [0.2, 0.25) is 10.0 Å². The van der Waals surface area contributed by atoms with Gasteiger partial charge in [0.05, 0.1) is 48.2 Å². The summed E-state index contributed by atoms with van der Waals surface area (Å²) >= 11 is 13.2. The fraction of sp³-hybridized carbons (Fsp3) is 0.660. The van der Waals surface area contributed by atoms with Crippen LogP contribution in [-0.2, 0) is 19.1 Å². The number of esters is 2. The molecule has 0 saturated heterocycles. The highest BCUT2D eigenvalue weighted by atomic mass is 35.5. The van der Waals surface area contributed by atoms with Crippen LogP contribution < -0.4 is 10.6 Å². The Balaban J connectivity index is 1.21. The second-order valence-corrected chi connectivity index (χ2v) is 21.7. The number of methoxy groups -OCH3 is 2. The van der Waals surface area contributed by atoms with Gasteiger partial charge in [0, 0.05) is 13.1 Å². The monoisotopic (exact) mass is 936 g/mol. The van der Waals surface area contributed by atoms with Crippen molar-refractivity contribution in [2.75, 3.05) is 27.3 Å². The van der Waals surface area contributed by atoms with Crippen LogP contribution in [0.15, 0.2) is 30.3 Å². The highest BCUT2D eigenvalue weighted by Crippen LogP contribution is 2.69. The summed E-state index contributed by atoms with van der Waals surface area (Å²) in [6.45, 7) is 12.5. The van der Waals surface area contributed by atoms with Crippen LogP contribution in [-0.4, -0.2) is 61.3 Å². The van der Waals surface area contributed by atoms with Crippen LogP contribution in [0.4, 0.5) is 0 Å². The highest BCUT2D eigenvalue weighted by molar-refractivity contribution is 6.33. The van der Waals surface area contributed by atoms with Crippen molar-refractivity contribution in [3.8, 4) is 11.5 Å². The molecule has 0 bridgehead atoms. The molecule has 5 unspecified atom stereocenters. The summed E-state index contributed by atoms with van der Waals surface area (Å²) in [6.07, 6.45) is 19.5. The lowest BCUT2D eigenvalue weighted by Crippen LogP contribution is -2.53. The number of allylic oxidation sites excluding steroid dienone is 1. The number of hydrogen-bond donors (Lipinski definition) is 4. The third-order valence-corrected chi connectivity index (χ3v) is 17.4. The summed E-state index contributed by atoms with van der Waals surface area (Å²) in [5, 5.41) is 27.1. The summed E-state index contributed by atoms with van der Waals surface area (Å²) in [6, 6.07) is 6.17. The van der Waals surface area contributed by atoms with Crippen LogP contribution in [0.5, 0.6) is 11.5 Å². The van der Waals surface area contributed by atoms with Crippen LogP contribution in [0.3, 0.4) is 0 Å². The van der Waals surface area contributed by atoms with Crippen LogP contribution in [0.25, 0.3) is 5.57 Å². The van der Waals surface area contributed by atoms with E-state index in [-0.39, 0.29) is 47.1 Å². The molecule has 4 aliphatic rings. The Labute approximate surface area is 397 Å². The SMILES string of the molecule is COC(=O)CCNC(=O)c1cc(C(=CCC[C@H]2CC[C@@]3(C)C(CCC4C3CC[C@@]3(C)C4CC[C@@H]3C(C)CCCC(C)C)C2)c2cc(Cl)c(O)c(C(=O)NCCC(=O)OC)c2)cc(Cl)c1O. The highest BCUT2D eigenvalue weighted by Gasteiger charge is 2.60. The van der Waals surface area contributed by atoms with E-state index in [1.807, 2.05) is 0 Å². The summed E-state index contributed by atoms with van der Waals surface area (Å²) in [5.74, 6) is 3.12. The van der Waals surface area contributed by atoms with Gasteiger partial charge in [-0.3, -0.25) is 19.2 Å². The molecule has 65 heavy (non-hydrogen) atoms. The molecule has 10 nitrogen and oxygen atoms in total. The lowest BCUT2D eigenvalue weighted by atomic mass is 9.44. The number of benzene rings is 2. The molecule has 0 spiro atoms. The first kappa shape index (κ1) is 50.6. The van der Waals surface area contributed by atoms with E-state index in [9.17, 15) is 29.4 Å². The number of nitrogens with one attached hydrogen (secondary N) is 2. The molecule has 0 aromatic heterocycles. The number of amides is 2. The molecule has 4 saturated carbocycles. The van der Waals surface area contributed by atoms with E-state index in [1.54, 1.807) is 12.1 Å². The van der Waals surface area contributed by atoms with E-state index in [4.69, 9.17) is 23.2 Å². The Morgan fingerprint density at radius 1 is 0.754 bits per heavy atom. The van der Waals surface area contributed by atoms with E-state index < -0.39 is 35.3 Å². The number of rotatable bonds is 18. The maximum Gasteiger partial charge on any atom is 0.307 e. The van der Waals surface area contributed by atoms with E-state index in [0.29, 0.717) is 45.8 Å². The topological polar surface area (TPSA) is 151 Å². The molecule has 4 aliphatic carbocycles. The van der Waals surface area contributed by atoms with Crippen LogP contribution in [0.1, 0.15) is 169 Å². The molecule has 358 valence electrons. The van der Waals surface area contributed by atoms with Gasteiger partial charge in [-0.1, -0.05) is 83.2 Å². The Bertz CT molecular complexity index is 2000. The van der Waals surface area contributed by atoms with Gasteiger partial charge in [0.25, 0.3) is 11.8 Å². The molecule has 2 aromatic rings. The average molecular weight is 938 g/mol.